The molecule has 0 aliphatic carbocycles. The molecule has 0 bridgehead atoms. The molecule has 1 unspecified atom stereocenters. The zero-order chi connectivity index (χ0) is 9.35. The fraction of sp³-hybridized carbons (Fsp3) is 0.750. The van der Waals surface area contributed by atoms with Gasteiger partial charge in [0, 0.05) is 0 Å². The summed E-state index contributed by atoms with van der Waals surface area (Å²) < 4.78 is -0.536. The topological polar surface area (TPSA) is 46.2 Å². The second kappa shape index (κ2) is 3.09. The Morgan fingerprint density at radius 3 is 2.42 bits per heavy atom. The van der Waals surface area contributed by atoms with Gasteiger partial charge in [0.1, 0.15) is 4.75 Å². The summed E-state index contributed by atoms with van der Waals surface area (Å²) in [7, 11) is 0. The number of hydrogen-bond donors (Lipinski definition) is 1. The predicted molar refractivity (Wildman–Crippen MR) is 49.0 cm³/mol. The number of imide groups is 1. The van der Waals surface area contributed by atoms with E-state index in [2.05, 4.69) is 5.32 Å². The number of amides is 2. The molecule has 0 aromatic carbocycles. The van der Waals surface area contributed by atoms with Crippen LogP contribution in [0.5, 0.6) is 0 Å². The summed E-state index contributed by atoms with van der Waals surface area (Å²) in [6, 6.07) is 0. The molecule has 1 rings (SSSR count). The van der Waals surface area contributed by atoms with Crippen LogP contribution < -0.4 is 5.32 Å². The van der Waals surface area contributed by atoms with E-state index in [1.165, 1.54) is 0 Å². The fourth-order valence-electron chi connectivity index (χ4n) is 1.41. The largest absolute Gasteiger partial charge is 0.286 e. The number of carbonyl (C=O) groups is 2. The minimum atomic E-state index is -0.536. The van der Waals surface area contributed by atoms with Crippen LogP contribution in [0.2, 0.25) is 0 Å². The van der Waals surface area contributed by atoms with Crippen LogP contribution in [0.4, 0.5) is 4.79 Å². The van der Waals surface area contributed by atoms with Gasteiger partial charge < -0.3 is 0 Å². The van der Waals surface area contributed by atoms with Gasteiger partial charge in [-0.2, -0.15) is 0 Å². The number of rotatable bonds is 2. The standard InChI is InChI=1S/C8H13NO2S/c1-5(2)4-8(3)6(10)9-7(11)12-8/h5H,4H2,1-3H3,(H,9,10,11). The van der Waals surface area contributed by atoms with E-state index in [0.717, 1.165) is 18.2 Å². The molecule has 68 valence electrons. The van der Waals surface area contributed by atoms with E-state index >= 15 is 0 Å². The van der Waals surface area contributed by atoms with Crippen LogP contribution in [0, 0.1) is 5.92 Å². The fourth-order valence-corrected chi connectivity index (χ4v) is 2.53. The Bertz CT molecular complexity index is 227. The lowest BCUT2D eigenvalue weighted by molar-refractivity contribution is -0.121. The highest BCUT2D eigenvalue weighted by Gasteiger charge is 2.43. The molecule has 1 aliphatic rings. The summed E-state index contributed by atoms with van der Waals surface area (Å²) >= 11 is 1.10. The summed E-state index contributed by atoms with van der Waals surface area (Å²) in [6.45, 7) is 5.90. The summed E-state index contributed by atoms with van der Waals surface area (Å²) in [5, 5.41) is 2.08. The molecular weight excluding hydrogens is 174 g/mol. The highest BCUT2D eigenvalue weighted by molar-refractivity contribution is 8.16. The smallest absolute Gasteiger partial charge is 0.286 e. The van der Waals surface area contributed by atoms with Crippen molar-refractivity contribution in [3.8, 4) is 0 Å². The number of thioether (sulfide) groups is 1. The minimum Gasteiger partial charge on any atom is -0.286 e. The van der Waals surface area contributed by atoms with E-state index in [-0.39, 0.29) is 11.1 Å². The van der Waals surface area contributed by atoms with Gasteiger partial charge in [-0.15, -0.1) is 0 Å². The van der Waals surface area contributed by atoms with Gasteiger partial charge in [-0.3, -0.25) is 14.9 Å². The van der Waals surface area contributed by atoms with Crippen molar-refractivity contribution in [1.82, 2.24) is 5.32 Å². The second-order valence-electron chi connectivity index (χ2n) is 3.67. The van der Waals surface area contributed by atoms with Crippen molar-refractivity contribution >= 4 is 22.9 Å². The Labute approximate surface area is 76.3 Å². The van der Waals surface area contributed by atoms with Crippen molar-refractivity contribution in [2.24, 2.45) is 5.92 Å². The first kappa shape index (κ1) is 9.58. The maximum atomic E-state index is 11.3. The van der Waals surface area contributed by atoms with Gasteiger partial charge in [0.25, 0.3) is 5.24 Å². The first-order chi connectivity index (χ1) is 5.44. The average Bonchev–Trinajstić information content (AvgIpc) is 2.04. The van der Waals surface area contributed by atoms with Gasteiger partial charge in [-0.05, 0) is 31.0 Å². The van der Waals surface area contributed by atoms with Crippen molar-refractivity contribution in [3.05, 3.63) is 0 Å². The lowest BCUT2D eigenvalue weighted by Gasteiger charge is -2.19. The minimum absolute atomic E-state index is 0.147. The molecule has 1 aliphatic heterocycles. The van der Waals surface area contributed by atoms with Crippen molar-refractivity contribution in [3.63, 3.8) is 0 Å². The maximum Gasteiger partial charge on any atom is 0.286 e. The van der Waals surface area contributed by atoms with Gasteiger partial charge in [-0.25, -0.2) is 0 Å². The number of nitrogens with one attached hydrogen (secondary N) is 1. The van der Waals surface area contributed by atoms with E-state index in [9.17, 15) is 9.59 Å². The molecule has 12 heavy (non-hydrogen) atoms. The van der Waals surface area contributed by atoms with Crippen LogP contribution in [0.1, 0.15) is 27.2 Å². The first-order valence-electron chi connectivity index (χ1n) is 3.98. The molecule has 0 radical (unpaired) electrons. The molecule has 1 saturated heterocycles. The molecule has 0 aromatic heterocycles. The maximum absolute atomic E-state index is 11.3. The highest BCUT2D eigenvalue weighted by Crippen LogP contribution is 2.36. The number of carbonyl (C=O) groups excluding carboxylic acids is 2. The van der Waals surface area contributed by atoms with E-state index in [0.29, 0.717) is 5.92 Å². The van der Waals surface area contributed by atoms with Crippen molar-refractivity contribution < 1.29 is 9.59 Å². The monoisotopic (exact) mass is 187 g/mol. The summed E-state index contributed by atoms with van der Waals surface area (Å²) in [6.07, 6.45) is 0.745. The quantitative estimate of drug-likeness (QED) is 0.716. The van der Waals surface area contributed by atoms with Crippen LogP contribution in [0.3, 0.4) is 0 Å². The molecule has 0 aromatic rings. The van der Waals surface area contributed by atoms with Crippen molar-refractivity contribution in [1.29, 1.82) is 0 Å². The molecule has 0 saturated carbocycles. The summed E-state index contributed by atoms with van der Waals surface area (Å²) in [5.41, 5.74) is 0. The predicted octanol–water partition coefficient (Wildman–Crippen LogP) is 1.77. The summed E-state index contributed by atoms with van der Waals surface area (Å²) in [4.78, 5) is 22.2. The van der Waals surface area contributed by atoms with Crippen molar-refractivity contribution in [2.75, 3.05) is 0 Å². The molecule has 2 amide bonds. The van der Waals surface area contributed by atoms with E-state index in [4.69, 9.17) is 0 Å². The molecule has 1 N–H and O–H groups in total. The zero-order valence-electron chi connectivity index (χ0n) is 7.51. The molecule has 1 atom stereocenters. The van der Waals surface area contributed by atoms with Crippen LogP contribution >= 0.6 is 11.8 Å². The molecule has 3 nitrogen and oxygen atoms in total. The number of hydrogen-bond acceptors (Lipinski definition) is 3. The first-order valence-corrected chi connectivity index (χ1v) is 4.80. The molecule has 1 fully saturated rings. The van der Waals surface area contributed by atoms with Crippen LogP contribution in [-0.2, 0) is 4.79 Å². The lowest BCUT2D eigenvalue weighted by atomic mass is 9.97. The van der Waals surface area contributed by atoms with Crippen LogP contribution in [-0.4, -0.2) is 15.9 Å². The Hall–Kier alpha value is -0.510. The highest BCUT2D eigenvalue weighted by atomic mass is 32.2. The van der Waals surface area contributed by atoms with E-state index in [1.807, 2.05) is 20.8 Å². The zero-order valence-corrected chi connectivity index (χ0v) is 8.33. The third-order valence-electron chi connectivity index (χ3n) is 1.81. The molecular formula is C8H13NO2S. The third kappa shape index (κ3) is 1.80. The Kier molecular flexibility index (Phi) is 2.46. The van der Waals surface area contributed by atoms with E-state index < -0.39 is 4.75 Å². The Balaban J connectivity index is 2.71. The van der Waals surface area contributed by atoms with Gasteiger partial charge in [0.2, 0.25) is 5.91 Å². The Morgan fingerprint density at radius 2 is 2.08 bits per heavy atom. The second-order valence-corrected chi connectivity index (χ2v) is 5.15. The summed E-state index contributed by atoms with van der Waals surface area (Å²) in [5.74, 6) is 0.283. The van der Waals surface area contributed by atoms with Gasteiger partial charge in [-0.1, -0.05) is 13.8 Å². The van der Waals surface area contributed by atoms with E-state index in [1.54, 1.807) is 0 Å². The Morgan fingerprint density at radius 1 is 1.50 bits per heavy atom. The normalized spacial score (nSPS) is 29.7. The lowest BCUT2D eigenvalue weighted by Crippen LogP contribution is -2.34. The van der Waals surface area contributed by atoms with Gasteiger partial charge in [0.15, 0.2) is 0 Å². The third-order valence-corrected chi connectivity index (χ3v) is 2.90. The van der Waals surface area contributed by atoms with Crippen LogP contribution in [0.15, 0.2) is 0 Å². The SMILES string of the molecule is CC(C)CC1(C)SC(=O)NC1=O. The van der Waals surface area contributed by atoms with Gasteiger partial charge in [0.05, 0.1) is 0 Å². The van der Waals surface area contributed by atoms with Gasteiger partial charge >= 0.3 is 0 Å². The molecule has 0 spiro atoms. The average molecular weight is 187 g/mol. The molecule has 1 heterocycles. The van der Waals surface area contributed by atoms with Crippen molar-refractivity contribution in [2.45, 2.75) is 31.9 Å². The van der Waals surface area contributed by atoms with Crippen LogP contribution in [0.25, 0.3) is 0 Å². The molecule has 4 heteroatoms.